The lowest BCUT2D eigenvalue weighted by Gasteiger charge is -2.32. The van der Waals surface area contributed by atoms with Gasteiger partial charge in [-0.25, -0.2) is 4.39 Å². The first-order chi connectivity index (χ1) is 12.3. The summed E-state index contributed by atoms with van der Waals surface area (Å²) >= 11 is 0. The fourth-order valence-electron chi connectivity index (χ4n) is 2.81. The molecule has 1 aromatic carbocycles. The number of alkyl halides is 3. The average molecular weight is 390 g/mol. The van der Waals surface area contributed by atoms with Gasteiger partial charge in [-0.15, -0.1) is 0 Å². The molecule has 1 saturated heterocycles. The van der Waals surface area contributed by atoms with E-state index in [9.17, 15) is 22.4 Å². The van der Waals surface area contributed by atoms with E-state index in [2.05, 4.69) is 0 Å². The van der Waals surface area contributed by atoms with Gasteiger partial charge in [0.2, 0.25) is 0 Å². The standard InChI is InChI=1S/C18H23BF4O4/c1-6-25-15(24)10-13(19-26-16(2,3)17(4,5)27-19)11-7-8-14(20)12(9-11)18(21,22)23/h7-9,13H,6,10H2,1-5H3. The first kappa shape index (κ1) is 21.7. The van der Waals surface area contributed by atoms with E-state index in [1.807, 2.05) is 0 Å². The lowest BCUT2D eigenvalue weighted by atomic mass is 9.66. The van der Waals surface area contributed by atoms with Crippen LogP contribution in [0.2, 0.25) is 0 Å². The van der Waals surface area contributed by atoms with E-state index in [-0.39, 0.29) is 18.6 Å². The van der Waals surface area contributed by atoms with Crippen molar-refractivity contribution in [1.82, 2.24) is 0 Å². The number of carbonyl (C=O) groups excluding carboxylic acids is 1. The van der Waals surface area contributed by atoms with Crippen LogP contribution in [0.4, 0.5) is 17.6 Å². The summed E-state index contributed by atoms with van der Waals surface area (Å²) in [6.45, 7) is 8.93. The molecule has 1 fully saturated rings. The van der Waals surface area contributed by atoms with Gasteiger partial charge in [-0.2, -0.15) is 13.2 Å². The molecule has 1 aliphatic heterocycles. The molecule has 1 aliphatic rings. The van der Waals surface area contributed by atoms with Crippen LogP contribution >= 0.6 is 0 Å². The van der Waals surface area contributed by atoms with Gasteiger partial charge >= 0.3 is 19.3 Å². The predicted octanol–water partition coefficient (Wildman–Crippen LogP) is 4.51. The maximum atomic E-state index is 13.7. The fraction of sp³-hybridized carbons (Fsp3) is 0.611. The summed E-state index contributed by atoms with van der Waals surface area (Å²) in [5, 5.41) is 0. The minimum Gasteiger partial charge on any atom is -0.466 e. The van der Waals surface area contributed by atoms with Crippen molar-refractivity contribution in [2.45, 2.75) is 64.2 Å². The maximum Gasteiger partial charge on any atom is 0.466 e. The third-order valence-electron chi connectivity index (χ3n) is 5.02. The van der Waals surface area contributed by atoms with E-state index in [1.165, 1.54) is 6.07 Å². The lowest BCUT2D eigenvalue weighted by Crippen LogP contribution is -2.41. The van der Waals surface area contributed by atoms with Crippen molar-refractivity contribution in [2.75, 3.05) is 6.61 Å². The van der Waals surface area contributed by atoms with Gasteiger partial charge in [0, 0.05) is 5.82 Å². The third-order valence-corrected chi connectivity index (χ3v) is 5.02. The SMILES string of the molecule is CCOC(=O)CC(B1OC(C)(C)C(C)(C)O1)c1ccc(F)c(C(F)(F)F)c1. The van der Waals surface area contributed by atoms with Crippen molar-refractivity contribution < 1.29 is 36.4 Å². The van der Waals surface area contributed by atoms with E-state index in [0.29, 0.717) is 6.07 Å². The second-order valence-corrected chi connectivity index (χ2v) is 7.48. The van der Waals surface area contributed by atoms with Gasteiger partial charge in [-0.3, -0.25) is 4.79 Å². The van der Waals surface area contributed by atoms with E-state index in [4.69, 9.17) is 14.0 Å². The van der Waals surface area contributed by atoms with Crippen molar-refractivity contribution in [1.29, 1.82) is 0 Å². The van der Waals surface area contributed by atoms with Crippen molar-refractivity contribution in [3.8, 4) is 0 Å². The molecule has 150 valence electrons. The molecule has 0 amide bonds. The van der Waals surface area contributed by atoms with Gasteiger partial charge in [0.05, 0.1) is 29.8 Å². The van der Waals surface area contributed by atoms with Gasteiger partial charge in [0.15, 0.2) is 0 Å². The summed E-state index contributed by atoms with van der Waals surface area (Å²) in [4.78, 5) is 12.0. The Hall–Kier alpha value is -1.61. The Morgan fingerprint density at radius 2 is 1.74 bits per heavy atom. The number of halogens is 4. The zero-order valence-corrected chi connectivity index (χ0v) is 15.9. The van der Waals surface area contributed by atoms with Crippen molar-refractivity contribution in [2.24, 2.45) is 0 Å². The van der Waals surface area contributed by atoms with Crippen LogP contribution < -0.4 is 0 Å². The first-order valence-electron chi connectivity index (χ1n) is 8.66. The van der Waals surface area contributed by atoms with Crippen LogP contribution in [0.15, 0.2) is 18.2 Å². The second-order valence-electron chi connectivity index (χ2n) is 7.48. The molecule has 2 rings (SSSR count). The molecule has 1 atom stereocenters. The lowest BCUT2D eigenvalue weighted by molar-refractivity contribution is -0.143. The molecule has 1 unspecified atom stereocenters. The Balaban J connectivity index is 2.44. The zero-order chi connectivity index (χ0) is 20.6. The number of carbonyl (C=O) groups is 1. The second kappa shape index (κ2) is 7.43. The van der Waals surface area contributed by atoms with E-state index in [1.54, 1.807) is 34.6 Å². The molecule has 27 heavy (non-hydrogen) atoms. The van der Waals surface area contributed by atoms with E-state index >= 15 is 0 Å². The molecule has 0 saturated carbocycles. The van der Waals surface area contributed by atoms with Crippen LogP contribution in [0, 0.1) is 5.82 Å². The minimum absolute atomic E-state index is 0.0929. The number of benzene rings is 1. The molecule has 0 radical (unpaired) electrons. The van der Waals surface area contributed by atoms with Crippen LogP contribution in [0.25, 0.3) is 0 Å². The summed E-state index contributed by atoms with van der Waals surface area (Å²) in [6, 6.07) is 2.64. The smallest absolute Gasteiger partial charge is 0.466 e. The van der Waals surface area contributed by atoms with Crippen molar-refractivity contribution in [3.63, 3.8) is 0 Å². The molecular weight excluding hydrogens is 367 g/mol. The number of hydrogen-bond acceptors (Lipinski definition) is 4. The van der Waals surface area contributed by atoms with Gasteiger partial charge in [0.25, 0.3) is 0 Å². The van der Waals surface area contributed by atoms with Crippen LogP contribution in [-0.4, -0.2) is 30.9 Å². The normalized spacial score (nSPS) is 19.8. The fourth-order valence-corrected chi connectivity index (χ4v) is 2.81. The van der Waals surface area contributed by atoms with E-state index in [0.717, 1.165) is 6.07 Å². The molecule has 1 heterocycles. The van der Waals surface area contributed by atoms with Crippen LogP contribution in [-0.2, 0) is 25.0 Å². The van der Waals surface area contributed by atoms with E-state index < -0.39 is 47.7 Å². The largest absolute Gasteiger partial charge is 0.466 e. The third kappa shape index (κ3) is 4.63. The van der Waals surface area contributed by atoms with Crippen molar-refractivity contribution in [3.05, 3.63) is 35.1 Å². The Kier molecular flexibility index (Phi) is 5.97. The highest BCUT2D eigenvalue weighted by atomic mass is 19.4. The highest BCUT2D eigenvalue weighted by Crippen LogP contribution is 2.43. The first-order valence-corrected chi connectivity index (χ1v) is 8.66. The molecule has 0 aromatic heterocycles. The van der Waals surface area contributed by atoms with Gasteiger partial charge in [-0.1, -0.05) is 6.07 Å². The van der Waals surface area contributed by atoms with Crippen molar-refractivity contribution >= 4 is 13.1 Å². The monoisotopic (exact) mass is 390 g/mol. The number of esters is 1. The number of ether oxygens (including phenoxy) is 1. The predicted molar refractivity (Wildman–Crippen MR) is 91.5 cm³/mol. The summed E-state index contributed by atoms with van der Waals surface area (Å²) in [6.07, 6.45) is -5.11. The van der Waals surface area contributed by atoms with Gasteiger partial charge in [-0.05, 0) is 52.3 Å². The van der Waals surface area contributed by atoms with Gasteiger partial charge < -0.3 is 14.0 Å². The topological polar surface area (TPSA) is 44.8 Å². The summed E-state index contributed by atoms with van der Waals surface area (Å²) < 4.78 is 69.7. The Bertz CT molecular complexity index is 687. The molecule has 9 heteroatoms. The average Bonchev–Trinajstić information content (AvgIpc) is 2.72. The molecule has 0 N–H and O–H groups in total. The number of hydrogen-bond donors (Lipinski definition) is 0. The molecule has 0 bridgehead atoms. The molecular formula is C18H23BF4O4. The minimum atomic E-state index is -4.86. The molecule has 4 nitrogen and oxygen atoms in total. The molecule has 0 aliphatic carbocycles. The van der Waals surface area contributed by atoms with Crippen LogP contribution in [0.5, 0.6) is 0 Å². The summed E-state index contributed by atoms with van der Waals surface area (Å²) in [5.74, 6) is -2.86. The molecule has 1 aromatic rings. The van der Waals surface area contributed by atoms with Crippen LogP contribution in [0.1, 0.15) is 58.0 Å². The summed E-state index contributed by atoms with van der Waals surface area (Å²) in [7, 11) is -0.981. The van der Waals surface area contributed by atoms with Gasteiger partial charge in [0.1, 0.15) is 5.82 Å². The summed E-state index contributed by atoms with van der Waals surface area (Å²) in [5.41, 5.74) is -2.78. The Labute approximate surface area is 156 Å². The number of rotatable bonds is 5. The highest BCUT2D eigenvalue weighted by Gasteiger charge is 2.54. The maximum absolute atomic E-state index is 13.7. The Morgan fingerprint density at radius 3 is 2.22 bits per heavy atom. The Morgan fingerprint density at radius 1 is 1.19 bits per heavy atom. The highest BCUT2D eigenvalue weighted by molar-refractivity contribution is 6.48. The molecule has 0 spiro atoms. The quantitative estimate of drug-likeness (QED) is 0.422. The van der Waals surface area contributed by atoms with Crippen LogP contribution in [0.3, 0.4) is 0 Å². The zero-order valence-electron chi connectivity index (χ0n) is 15.9.